The summed E-state index contributed by atoms with van der Waals surface area (Å²) in [4.78, 5) is 23.7. The first-order valence-electron chi connectivity index (χ1n) is 6.57. The Bertz CT molecular complexity index is 1030. The Hall–Kier alpha value is -2.95. The number of aromatic nitrogens is 3. The number of benzene rings is 2. The summed E-state index contributed by atoms with van der Waals surface area (Å²) in [5.74, 6) is 0.239. The maximum absolute atomic E-state index is 12.2. The zero-order valence-electron chi connectivity index (χ0n) is 11.3. The number of rotatable bonds is 1. The van der Waals surface area contributed by atoms with Gasteiger partial charge in [0.2, 0.25) is 0 Å². The number of para-hydroxylation sites is 2. The molecular weight excluding hydrogens is 266 g/mol. The number of aryl methyl sites for hydroxylation is 1. The molecule has 5 nitrogen and oxygen atoms in total. The molecular formula is C16H11N3O2. The van der Waals surface area contributed by atoms with Crippen molar-refractivity contribution in [2.45, 2.75) is 6.92 Å². The van der Waals surface area contributed by atoms with Gasteiger partial charge in [-0.2, -0.15) is 0 Å². The van der Waals surface area contributed by atoms with Gasteiger partial charge in [0.05, 0.1) is 11.0 Å². The van der Waals surface area contributed by atoms with E-state index in [4.69, 9.17) is 4.42 Å². The number of nitrogens with zero attached hydrogens (tertiary/aromatic N) is 2. The third kappa shape index (κ3) is 1.90. The van der Waals surface area contributed by atoms with E-state index in [-0.39, 0.29) is 17.1 Å². The van der Waals surface area contributed by atoms with Crippen molar-refractivity contribution >= 4 is 22.1 Å². The molecule has 2 aromatic carbocycles. The lowest BCUT2D eigenvalue weighted by molar-refractivity contribution is 0.615. The molecule has 0 amide bonds. The Kier molecular flexibility index (Phi) is 2.41. The number of H-pyrrole nitrogens is 1. The highest BCUT2D eigenvalue weighted by Gasteiger charge is 2.14. The van der Waals surface area contributed by atoms with Crippen LogP contribution in [0.5, 0.6) is 0 Å². The molecule has 102 valence electrons. The van der Waals surface area contributed by atoms with Crippen molar-refractivity contribution in [2.75, 3.05) is 0 Å². The third-order valence-corrected chi connectivity index (χ3v) is 3.35. The maximum Gasteiger partial charge on any atom is 0.279 e. The van der Waals surface area contributed by atoms with E-state index in [0.717, 1.165) is 11.1 Å². The van der Waals surface area contributed by atoms with Crippen LogP contribution in [0.1, 0.15) is 5.56 Å². The predicted octanol–water partition coefficient (Wildman–Crippen LogP) is 3.04. The van der Waals surface area contributed by atoms with Crippen LogP contribution in [0, 0.1) is 6.92 Å². The molecule has 2 heterocycles. The minimum absolute atomic E-state index is 0.197. The summed E-state index contributed by atoms with van der Waals surface area (Å²) in [5.41, 5.74) is 3.73. The molecule has 0 bridgehead atoms. The molecule has 0 fully saturated rings. The molecule has 0 aliphatic carbocycles. The smallest absolute Gasteiger partial charge is 0.279 e. The number of aromatic amines is 1. The van der Waals surface area contributed by atoms with E-state index in [0.29, 0.717) is 16.6 Å². The fourth-order valence-corrected chi connectivity index (χ4v) is 2.31. The number of oxazole rings is 1. The first-order valence-corrected chi connectivity index (χ1v) is 6.57. The van der Waals surface area contributed by atoms with Gasteiger partial charge in [0.15, 0.2) is 11.3 Å². The van der Waals surface area contributed by atoms with Crippen LogP contribution in [0.2, 0.25) is 0 Å². The van der Waals surface area contributed by atoms with E-state index in [1.165, 1.54) is 0 Å². The fourth-order valence-electron chi connectivity index (χ4n) is 2.31. The van der Waals surface area contributed by atoms with E-state index in [1.54, 1.807) is 0 Å². The lowest BCUT2D eigenvalue weighted by atomic mass is 10.2. The second-order valence-corrected chi connectivity index (χ2v) is 4.92. The van der Waals surface area contributed by atoms with Gasteiger partial charge in [-0.1, -0.05) is 18.2 Å². The van der Waals surface area contributed by atoms with E-state index in [2.05, 4.69) is 15.0 Å². The van der Waals surface area contributed by atoms with Gasteiger partial charge in [-0.3, -0.25) is 4.79 Å². The molecule has 2 aromatic heterocycles. The highest BCUT2D eigenvalue weighted by atomic mass is 16.3. The van der Waals surface area contributed by atoms with Crippen LogP contribution < -0.4 is 5.56 Å². The minimum Gasteiger partial charge on any atom is -0.435 e. The zero-order valence-corrected chi connectivity index (χ0v) is 11.3. The van der Waals surface area contributed by atoms with Gasteiger partial charge in [0, 0.05) is 0 Å². The zero-order chi connectivity index (χ0) is 14.4. The Morgan fingerprint density at radius 1 is 1.05 bits per heavy atom. The molecule has 0 atom stereocenters. The monoisotopic (exact) mass is 277 g/mol. The van der Waals surface area contributed by atoms with Crippen molar-refractivity contribution in [3.05, 3.63) is 58.4 Å². The number of hydrogen-bond acceptors (Lipinski definition) is 4. The van der Waals surface area contributed by atoms with Crippen LogP contribution >= 0.6 is 0 Å². The molecule has 0 aliphatic rings. The Morgan fingerprint density at radius 3 is 2.81 bits per heavy atom. The number of fused-ring (bicyclic) bond motifs is 2. The Balaban J connectivity index is 1.99. The first kappa shape index (κ1) is 11.8. The summed E-state index contributed by atoms with van der Waals surface area (Å²) in [5, 5.41) is 0. The summed E-state index contributed by atoms with van der Waals surface area (Å²) in [6.07, 6.45) is 0. The van der Waals surface area contributed by atoms with Gasteiger partial charge >= 0.3 is 0 Å². The molecule has 4 rings (SSSR count). The summed E-state index contributed by atoms with van der Waals surface area (Å²) >= 11 is 0. The van der Waals surface area contributed by atoms with Crippen molar-refractivity contribution in [1.82, 2.24) is 15.0 Å². The number of nitrogens with one attached hydrogen (secondary N) is 1. The summed E-state index contributed by atoms with van der Waals surface area (Å²) in [6, 6.07) is 13.1. The van der Waals surface area contributed by atoms with Gasteiger partial charge in [-0.05, 0) is 36.8 Å². The second-order valence-electron chi connectivity index (χ2n) is 4.92. The quantitative estimate of drug-likeness (QED) is 0.580. The lowest BCUT2D eigenvalue weighted by Crippen LogP contribution is -2.11. The molecule has 4 aromatic rings. The van der Waals surface area contributed by atoms with Crippen LogP contribution in [0.3, 0.4) is 0 Å². The van der Waals surface area contributed by atoms with Gasteiger partial charge in [-0.15, -0.1) is 0 Å². The SMILES string of the molecule is Cc1ccc2oc(-c3nc4ccccc4[nH]c3=O)nc2c1. The normalized spacial score (nSPS) is 11.3. The van der Waals surface area contributed by atoms with E-state index in [9.17, 15) is 4.79 Å². The van der Waals surface area contributed by atoms with E-state index < -0.39 is 0 Å². The predicted molar refractivity (Wildman–Crippen MR) is 80.1 cm³/mol. The molecule has 0 unspecified atom stereocenters. The highest BCUT2D eigenvalue weighted by molar-refractivity contribution is 5.78. The van der Waals surface area contributed by atoms with E-state index in [1.807, 2.05) is 49.4 Å². The summed E-state index contributed by atoms with van der Waals surface area (Å²) < 4.78 is 5.65. The fraction of sp³-hybridized carbons (Fsp3) is 0.0625. The standard InChI is InChI=1S/C16H11N3O2/c1-9-6-7-13-12(8-9)19-16(21-13)14-15(20)18-11-5-3-2-4-10(11)17-14/h2-8H,1H3,(H,18,20). The molecule has 0 aliphatic heterocycles. The average Bonchev–Trinajstić information content (AvgIpc) is 2.89. The number of hydrogen-bond donors (Lipinski definition) is 1. The maximum atomic E-state index is 12.2. The van der Waals surface area contributed by atoms with Crippen LogP contribution in [0.15, 0.2) is 51.7 Å². The highest BCUT2D eigenvalue weighted by Crippen LogP contribution is 2.22. The van der Waals surface area contributed by atoms with Crippen molar-refractivity contribution in [3.8, 4) is 11.6 Å². The van der Waals surface area contributed by atoms with Crippen LogP contribution in [0.4, 0.5) is 0 Å². The Morgan fingerprint density at radius 2 is 1.90 bits per heavy atom. The molecule has 21 heavy (non-hydrogen) atoms. The van der Waals surface area contributed by atoms with Gasteiger partial charge < -0.3 is 9.40 Å². The third-order valence-electron chi connectivity index (χ3n) is 3.35. The molecule has 5 heteroatoms. The second kappa shape index (κ2) is 4.28. The van der Waals surface area contributed by atoms with Gasteiger partial charge in [-0.25, -0.2) is 9.97 Å². The van der Waals surface area contributed by atoms with Crippen LogP contribution in [-0.2, 0) is 0 Å². The first-order chi connectivity index (χ1) is 10.2. The molecule has 1 N–H and O–H groups in total. The van der Waals surface area contributed by atoms with Crippen molar-refractivity contribution in [3.63, 3.8) is 0 Å². The van der Waals surface area contributed by atoms with Crippen molar-refractivity contribution < 1.29 is 4.42 Å². The molecule has 0 saturated carbocycles. The largest absolute Gasteiger partial charge is 0.435 e. The van der Waals surface area contributed by atoms with Gasteiger partial charge in [0.25, 0.3) is 11.4 Å². The van der Waals surface area contributed by atoms with Crippen LogP contribution in [0.25, 0.3) is 33.7 Å². The molecule has 0 radical (unpaired) electrons. The van der Waals surface area contributed by atoms with Gasteiger partial charge in [0.1, 0.15) is 5.52 Å². The lowest BCUT2D eigenvalue weighted by Gasteiger charge is -1.98. The average molecular weight is 277 g/mol. The Labute approximate surface area is 119 Å². The summed E-state index contributed by atoms with van der Waals surface area (Å²) in [7, 11) is 0. The molecule has 0 spiro atoms. The summed E-state index contributed by atoms with van der Waals surface area (Å²) in [6.45, 7) is 1.98. The van der Waals surface area contributed by atoms with Crippen molar-refractivity contribution in [1.29, 1.82) is 0 Å². The molecule has 0 saturated heterocycles. The topological polar surface area (TPSA) is 71.8 Å². The van der Waals surface area contributed by atoms with Crippen molar-refractivity contribution in [2.24, 2.45) is 0 Å². The minimum atomic E-state index is -0.308. The van der Waals surface area contributed by atoms with Crippen LogP contribution in [-0.4, -0.2) is 15.0 Å². The van der Waals surface area contributed by atoms with E-state index >= 15 is 0 Å².